The molecule has 1 unspecified atom stereocenters. The molecule has 1 aromatic rings. The molecule has 2 N–H and O–H groups in total. The van der Waals surface area contributed by atoms with Crippen molar-refractivity contribution in [2.24, 2.45) is 0 Å². The molecule has 1 atom stereocenters. The van der Waals surface area contributed by atoms with Gasteiger partial charge in [0.2, 0.25) is 5.91 Å². The van der Waals surface area contributed by atoms with Gasteiger partial charge in [-0.15, -0.1) is 0 Å². The third-order valence-corrected chi connectivity index (χ3v) is 3.02. The van der Waals surface area contributed by atoms with Crippen LogP contribution in [-0.2, 0) is 4.79 Å². The minimum absolute atomic E-state index is 0.140. The summed E-state index contributed by atoms with van der Waals surface area (Å²) >= 11 is 3.37. The molecule has 0 fully saturated rings. The number of amides is 1. The van der Waals surface area contributed by atoms with Gasteiger partial charge in [-0.1, -0.05) is 35.0 Å². The summed E-state index contributed by atoms with van der Waals surface area (Å²) in [5.41, 5.74) is 0.966. The lowest BCUT2D eigenvalue weighted by atomic mass is 10.2. The van der Waals surface area contributed by atoms with E-state index in [9.17, 15) is 9.90 Å². The van der Waals surface area contributed by atoms with Crippen molar-refractivity contribution in [1.29, 1.82) is 0 Å². The maximum Gasteiger partial charge on any atom is 0.244 e. The van der Waals surface area contributed by atoms with Crippen LogP contribution in [0.25, 0.3) is 6.08 Å². The number of carbonyl (C=O) groups excluding carboxylic acids is 1. The lowest BCUT2D eigenvalue weighted by molar-refractivity contribution is -0.116. The lowest BCUT2D eigenvalue weighted by Crippen LogP contribution is -2.25. The molecule has 18 heavy (non-hydrogen) atoms. The summed E-state index contributed by atoms with van der Waals surface area (Å²) in [5, 5.41) is 12.1. The highest BCUT2D eigenvalue weighted by atomic mass is 79.9. The first-order valence-corrected chi connectivity index (χ1v) is 6.80. The molecule has 0 heterocycles. The fourth-order valence-electron chi connectivity index (χ4n) is 1.41. The molecule has 3 nitrogen and oxygen atoms in total. The van der Waals surface area contributed by atoms with Crippen LogP contribution >= 0.6 is 15.9 Å². The molecule has 0 aromatic heterocycles. The van der Waals surface area contributed by atoms with E-state index < -0.39 is 0 Å². The Bertz CT molecular complexity index is 418. The summed E-state index contributed by atoms with van der Waals surface area (Å²) < 4.78 is 0.983. The maximum atomic E-state index is 11.5. The van der Waals surface area contributed by atoms with Gasteiger partial charge in [0.05, 0.1) is 6.10 Å². The van der Waals surface area contributed by atoms with E-state index in [-0.39, 0.29) is 12.0 Å². The lowest BCUT2D eigenvalue weighted by Gasteiger charge is -2.07. The highest BCUT2D eigenvalue weighted by Gasteiger charge is 2.01. The van der Waals surface area contributed by atoms with E-state index in [1.54, 1.807) is 6.08 Å². The average Bonchev–Trinajstić information content (AvgIpc) is 2.36. The van der Waals surface area contributed by atoms with Gasteiger partial charge in [-0.05, 0) is 36.6 Å². The number of carbonyl (C=O) groups is 1. The van der Waals surface area contributed by atoms with Crippen LogP contribution in [0.3, 0.4) is 0 Å². The Morgan fingerprint density at radius 3 is 3.00 bits per heavy atom. The summed E-state index contributed by atoms with van der Waals surface area (Å²) in [7, 11) is 0. The highest BCUT2D eigenvalue weighted by molar-refractivity contribution is 9.10. The van der Waals surface area contributed by atoms with Crippen LogP contribution in [-0.4, -0.2) is 23.7 Å². The fourth-order valence-corrected chi connectivity index (χ4v) is 1.82. The van der Waals surface area contributed by atoms with Crippen molar-refractivity contribution in [3.8, 4) is 0 Å². The molecule has 0 bridgehead atoms. The van der Waals surface area contributed by atoms with Gasteiger partial charge < -0.3 is 10.4 Å². The molecule has 0 aliphatic rings. The Morgan fingerprint density at radius 2 is 2.33 bits per heavy atom. The first-order valence-electron chi connectivity index (χ1n) is 6.01. The number of aliphatic hydroxyl groups excluding tert-OH is 1. The van der Waals surface area contributed by atoms with Crippen LogP contribution in [0.15, 0.2) is 34.8 Å². The Hall–Kier alpha value is -1.13. The van der Waals surface area contributed by atoms with Crippen molar-refractivity contribution in [2.75, 3.05) is 6.54 Å². The summed E-state index contributed by atoms with van der Waals surface area (Å²) in [5.74, 6) is -0.140. The smallest absolute Gasteiger partial charge is 0.244 e. The number of hydrogen-bond donors (Lipinski definition) is 2. The molecule has 4 heteroatoms. The van der Waals surface area contributed by atoms with Crippen molar-refractivity contribution in [1.82, 2.24) is 5.32 Å². The Labute approximate surface area is 116 Å². The molecule has 0 saturated heterocycles. The molecule has 1 amide bonds. The van der Waals surface area contributed by atoms with Crippen molar-refractivity contribution in [3.63, 3.8) is 0 Å². The third kappa shape index (κ3) is 5.98. The van der Waals surface area contributed by atoms with Crippen LogP contribution in [0.4, 0.5) is 0 Å². The number of benzene rings is 1. The van der Waals surface area contributed by atoms with Crippen molar-refractivity contribution in [3.05, 3.63) is 40.4 Å². The Balaban J connectivity index is 2.36. The Morgan fingerprint density at radius 1 is 1.56 bits per heavy atom. The monoisotopic (exact) mass is 311 g/mol. The van der Waals surface area contributed by atoms with Gasteiger partial charge in [0.1, 0.15) is 0 Å². The van der Waals surface area contributed by atoms with E-state index in [1.165, 1.54) is 6.08 Å². The van der Waals surface area contributed by atoms with Crippen LogP contribution in [0.1, 0.15) is 25.3 Å². The summed E-state index contributed by atoms with van der Waals surface area (Å²) in [6.45, 7) is 2.41. The van der Waals surface area contributed by atoms with Gasteiger partial charge in [-0.3, -0.25) is 4.79 Å². The molecule has 98 valence electrons. The van der Waals surface area contributed by atoms with E-state index in [0.29, 0.717) is 19.4 Å². The SMILES string of the molecule is CCC(O)CCNC(=O)/C=C/c1cccc(Br)c1. The van der Waals surface area contributed by atoms with Gasteiger partial charge >= 0.3 is 0 Å². The quantitative estimate of drug-likeness (QED) is 0.794. The second-order valence-electron chi connectivity index (χ2n) is 4.03. The minimum atomic E-state index is -0.334. The maximum absolute atomic E-state index is 11.5. The first kappa shape index (κ1) is 14.9. The molecule has 0 aliphatic heterocycles. The molecule has 1 rings (SSSR count). The van der Waals surface area contributed by atoms with E-state index in [0.717, 1.165) is 10.0 Å². The normalized spacial score (nSPS) is 12.6. The molecular weight excluding hydrogens is 294 g/mol. The van der Waals surface area contributed by atoms with Crippen LogP contribution in [0.2, 0.25) is 0 Å². The first-order chi connectivity index (χ1) is 8.61. The average molecular weight is 312 g/mol. The van der Waals surface area contributed by atoms with Crippen LogP contribution in [0.5, 0.6) is 0 Å². The fraction of sp³-hybridized carbons (Fsp3) is 0.357. The van der Waals surface area contributed by atoms with Crippen LogP contribution in [0, 0.1) is 0 Å². The van der Waals surface area contributed by atoms with Gasteiger partial charge in [0.15, 0.2) is 0 Å². The van der Waals surface area contributed by atoms with E-state index in [1.807, 2.05) is 31.2 Å². The van der Waals surface area contributed by atoms with Crippen LogP contribution < -0.4 is 5.32 Å². The number of hydrogen-bond acceptors (Lipinski definition) is 2. The number of rotatable bonds is 6. The third-order valence-electron chi connectivity index (χ3n) is 2.52. The van der Waals surface area contributed by atoms with E-state index >= 15 is 0 Å². The molecule has 0 saturated carbocycles. The Kier molecular flexibility index (Phi) is 6.68. The van der Waals surface area contributed by atoms with E-state index in [2.05, 4.69) is 21.2 Å². The van der Waals surface area contributed by atoms with Gasteiger partial charge in [0.25, 0.3) is 0 Å². The summed E-state index contributed by atoms with van der Waals surface area (Å²) in [6.07, 6.45) is 4.23. The number of nitrogens with one attached hydrogen (secondary N) is 1. The molecule has 0 aliphatic carbocycles. The molecule has 0 radical (unpaired) electrons. The van der Waals surface area contributed by atoms with Crippen molar-refractivity contribution >= 4 is 27.9 Å². The molecule has 1 aromatic carbocycles. The standard InChI is InChI=1S/C14H18BrNO2/c1-2-13(17)8-9-16-14(18)7-6-11-4-3-5-12(15)10-11/h3-7,10,13,17H,2,8-9H2,1H3,(H,16,18)/b7-6+. The zero-order valence-electron chi connectivity index (χ0n) is 10.4. The van der Waals surface area contributed by atoms with E-state index in [4.69, 9.17) is 0 Å². The van der Waals surface area contributed by atoms with Gasteiger partial charge in [-0.25, -0.2) is 0 Å². The number of aliphatic hydroxyl groups is 1. The summed E-state index contributed by atoms with van der Waals surface area (Å²) in [4.78, 5) is 11.5. The zero-order chi connectivity index (χ0) is 13.4. The number of halogens is 1. The zero-order valence-corrected chi connectivity index (χ0v) is 12.0. The second-order valence-corrected chi connectivity index (χ2v) is 4.95. The van der Waals surface area contributed by atoms with Gasteiger partial charge in [0, 0.05) is 17.1 Å². The van der Waals surface area contributed by atoms with Gasteiger partial charge in [-0.2, -0.15) is 0 Å². The predicted octanol–water partition coefficient (Wildman–Crippen LogP) is 2.74. The van der Waals surface area contributed by atoms with Crippen molar-refractivity contribution < 1.29 is 9.90 Å². The minimum Gasteiger partial charge on any atom is -0.393 e. The van der Waals surface area contributed by atoms with Crippen molar-refractivity contribution in [2.45, 2.75) is 25.9 Å². The highest BCUT2D eigenvalue weighted by Crippen LogP contribution is 2.12. The summed E-state index contributed by atoms with van der Waals surface area (Å²) in [6, 6.07) is 7.71. The largest absolute Gasteiger partial charge is 0.393 e. The molecular formula is C14H18BrNO2. The predicted molar refractivity (Wildman–Crippen MR) is 77.1 cm³/mol. The molecule has 0 spiro atoms. The topological polar surface area (TPSA) is 49.3 Å². The second kappa shape index (κ2) is 8.06.